The lowest BCUT2D eigenvalue weighted by atomic mass is 10.2. The molecule has 3 aromatic rings. The molecule has 2 aromatic heterocycles. The van der Waals surface area contributed by atoms with E-state index in [4.69, 9.17) is 0 Å². The minimum absolute atomic E-state index is 0.0828. The molecule has 0 unspecified atom stereocenters. The van der Waals surface area contributed by atoms with Gasteiger partial charge in [0.05, 0.1) is 17.6 Å². The Labute approximate surface area is 146 Å². The number of aromatic amines is 1. The van der Waals surface area contributed by atoms with Crippen molar-refractivity contribution < 1.29 is 4.79 Å². The van der Waals surface area contributed by atoms with Gasteiger partial charge in [0.25, 0.3) is 5.91 Å². The number of carbonyl (C=O) groups is 1. The SMILES string of the molecule is CN(C)Cc1nc2ccc(NC(=O)c3ccc4n3CCNC4)cc2[nH]1. The number of hydrogen-bond donors (Lipinski definition) is 3. The Morgan fingerprint density at radius 2 is 2.20 bits per heavy atom. The molecule has 0 aliphatic carbocycles. The van der Waals surface area contributed by atoms with Gasteiger partial charge in [-0.3, -0.25) is 4.79 Å². The molecule has 7 heteroatoms. The van der Waals surface area contributed by atoms with Crippen molar-refractivity contribution in [2.45, 2.75) is 19.6 Å². The lowest BCUT2D eigenvalue weighted by Crippen LogP contribution is -2.30. The number of carbonyl (C=O) groups excluding carboxylic acids is 1. The third-order valence-corrected chi connectivity index (χ3v) is 4.38. The highest BCUT2D eigenvalue weighted by atomic mass is 16.1. The van der Waals surface area contributed by atoms with Crippen molar-refractivity contribution in [2.75, 3.05) is 26.0 Å². The van der Waals surface area contributed by atoms with Crippen molar-refractivity contribution in [3.63, 3.8) is 0 Å². The summed E-state index contributed by atoms with van der Waals surface area (Å²) in [6.07, 6.45) is 0. The molecule has 0 saturated heterocycles. The van der Waals surface area contributed by atoms with Crippen LogP contribution >= 0.6 is 0 Å². The van der Waals surface area contributed by atoms with Crippen LogP contribution in [0.2, 0.25) is 0 Å². The van der Waals surface area contributed by atoms with Crippen molar-refractivity contribution in [3.8, 4) is 0 Å². The van der Waals surface area contributed by atoms with E-state index in [0.29, 0.717) is 5.69 Å². The molecule has 1 aliphatic heterocycles. The van der Waals surface area contributed by atoms with Gasteiger partial charge in [0.1, 0.15) is 11.5 Å². The fourth-order valence-electron chi connectivity index (χ4n) is 3.24. The molecule has 7 nitrogen and oxygen atoms in total. The number of nitrogens with zero attached hydrogens (tertiary/aromatic N) is 3. The lowest BCUT2D eigenvalue weighted by Gasteiger charge is -2.18. The van der Waals surface area contributed by atoms with E-state index in [1.54, 1.807) is 0 Å². The summed E-state index contributed by atoms with van der Waals surface area (Å²) in [5, 5.41) is 6.31. The van der Waals surface area contributed by atoms with Crippen molar-refractivity contribution in [3.05, 3.63) is 47.5 Å². The summed E-state index contributed by atoms with van der Waals surface area (Å²) < 4.78 is 2.08. The largest absolute Gasteiger partial charge is 0.341 e. The number of nitrogens with one attached hydrogen (secondary N) is 3. The number of H-pyrrole nitrogens is 1. The maximum Gasteiger partial charge on any atom is 0.272 e. The zero-order chi connectivity index (χ0) is 17.4. The van der Waals surface area contributed by atoms with Crippen LogP contribution in [0.25, 0.3) is 11.0 Å². The van der Waals surface area contributed by atoms with E-state index in [9.17, 15) is 4.79 Å². The van der Waals surface area contributed by atoms with Crippen LogP contribution in [0.5, 0.6) is 0 Å². The Balaban J connectivity index is 1.55. The molecule has 1 aromatic carbocycles. The molecule has 3 N–H and O–H groups in total. The minimum atomic E-state index is -0.0828. The maximum atomic E-state index is 12.6. The van der Waals surface area contributed by atoms with Gasteiger partial charge in [-0.1, -0.05) is 0 Å². The fourth-order valence-corrected chi connectivity index (χ4v) is 3.24. The summed E-state index contributed by atoms with van der Waals surface area (Å²) >= 11 is 0. The van der Waals surface area contributed by atoms with Gasteiger partial charge in [-0.2, -0.15) is 0 Å². The molecule has 0 bridgehead atoms. The Hall–Kier alpha value is -2.64. The number of fused-ring (bicyclic) bond motifs is 2. The summed E-state index contributed by atoms with van der Waals surface area (Å²) in [5.74, 6) is 0.831. The van der Waals surface area contributed by atoms with E-state index < -0.39 is 0 Å². The van der Waals surface area contributed by atoms with E-state index in [2.05, 4.69) is 30.1 Å². The molecule has 3 heterocycles. The van der Waals surface area contributed by atoms with E-state index in [1.807, 2.05) is 44.4 Å². The van der Waals surface area contributed by atoms with Gasteiger partial charge in [0, 0.05) is 31.0 Å². The standard InChI is InChI=1S/C18H22N6O/c1-23(2)11-17-21-14-5-3-12(9-15(14)22-17)20-18(25)16-6-4-13-10-19-7-8-24(13)16/h3-6,9,19H,7-8,10-11H2,1-2H3,(H,20,25)(H,21,22). The zero-order valence-corrected chi connectivity index (χ0v) is 14.5. The average Bonchev–Trinajstić information content (AvgIpc) is 3.17. The first-order valence-corrected chi connectivity index (χ1v) is 8.44. The predicted molar refractivity (Wildman–Crippen MR) is 97.6 cm³/mol. The van der Waals surface area contributed by atoms with Crippen LogP contribution in [-0.4, -0.2) is 46.0 Å². The van der Waals surface area contributed by atoms with Crippen molar-refractivity contribution >= 4 is 22.6 Å². The van der Waals surface area contributed by atoms with Crippen LogP contribution in [0.3, 0.4) is 0 Å². The first-order valence-electron chi connectivity index (χ1n) is 8.44. The van der Waals surface area contributed by atoms with Crippen LogP contribution in [0.15, 0.2) is 30.3 Å². The van der Waals surface area contributed by atoms with Gasteiger partial charge in [-0.15, -0.1) is 0 Å². The third kappa shape index (κ3) is 3.16. The lowest BCUT2D eigenvalue weighted by molar-refractivity contribution is 0.101. The number of anilines is 1. The average molecular weight is 338 g/mol. The number of benzene rings is 1. The van der Waals surface area contributed by atoms with Gasteiger partial charge < -0.3 is 25.1 Å². The second-order valence-electron chi connectivity index (χ2n) is 6.65. The summed E-state index contributed by atoms with van der Waals surface area (Å²) in [4.78, 5) is 22.6. The van der Waals surface area contributed by atoms with Crippen molar-refractivity contribution in [2.24, 2.45) is 0 Å². The molecule has 0 atom stereocenters. The molecule has 0 radical (unpaired) electrons. The summed E-state index contributed by atoms with van der Waals surface area (Å²) in [6.45, 7) is 3.26. The summed E-state index contributed by atoms with van der Waals surface area (Å²) in [6, 6.07) is 9.65. The second-order valence-corrected chi connectivity index (χ2v) is 6.65. The molecular weight excluding hydrogens is 316 g/mol. The quantitative estimate of drug-likeness (QED) is 0.678. The Bertz CT molecular complexity index is 923. The van der Waals surface area contributed by atoms with Gasteiger partial charge in [-0.05, 0) is 44.4 Å². The van der Waals surface area contributed by atoms with Crippen molar-refractivity contribution in [1.82, 2.24) is 24.8 Å². The molecule has 4 rings (SSSR count). The van der Waals surface area contributed by atoms with Gasteiger partial charge >= 0.3 is 0 Å². The topological polar surface area (TPSA) is 78.0 Å². The molecule has 1 aliphatic rings. The molecule has 0 spiro atoms. The van der Waals surface area contributed by atoms with Gasteiger partial charge in [0.2, 0.25) is 0 Å². The molecule has 0 fully saturated rings. The van der Waals surface area contributed by atoms with Gasteiger partial charge in [0.15, 0.2) is 0 Å². The second kappa shape index (κ2) is 6.34. The predicted octanol–water partition coefficient (Wildman–Crippen LogP) is 1.78. The van der Waals surface area contributed by atoms with Crippen LogP contribution in [0, 0.1) is 0 Å². The van der Waals surface area contributed by atoms with Crippen LogP contribution in [0.1, 0.15) is 22.0 Å². The minimum Gasteiger partial charge on any atom is -0.341 e. The Morgan fingerprint density at radius 1 is 1.32 bits per heavy atom. The first-order chi connectivity index (χ1) is 12.1. The fraction of sp³-hybridized carbons (Fsp3) is 0.333. The number of imidazole rings is 1. The zero-order valence-electron chi connectivity index (χ0n) is 14.5. The highest BCUT2D eigenvalue weighted by Gasteiger charge is 2.17. The number of amides is 1. The molecule has 0 saturated carbocycles. The van der Waals surface area contributed by atoms with E-state index in [-0.39, 0.29) is 5.91 Å². The highest BCUT2D eigenvalue weighted by molar-refractivity contribution is 6.04. The number of aromatic nitrogens is 3. The Kier molecular flexibility index (Phi) is 4.03. The van der Waals surface area contributed by atoms with E-state index >= 15 is 0 Å². The smallest absolute Gasteiger partial charge is 0.272 e. The summed E-state index contributed by atoms with van der Waals surface area (Å²) in [7, 11) is 4.01. The van der Waals surface area contributed by atoms with Crippen LogP contribution in [0.4, 0.5) is 5.69 Å². The highest BCUT2D eigenvalue weighted by Crippen LogP contribution is 2.19. The molecule has 130 valence electrons. The Morgan fingerprint density at radius 3 is 3.04 bits per heavy atom. The third-order valence-electron chi connectivity index (χ3n) is 4.38. The van der Waals surface area contributed by atoms with Crippen LogP contribution < -0.4 is 10.6 Å². The molecule has 25 heavy (non-hydrogen) atoms. The number of hydrogen-bond acceptors (Lipinski definition) is 4. The van der Waals surface area contributed by atoms with Crippen LogP contribution in [-0.2, 0) is 19.6 Å². The number of rotatable bonds is 4. The maximum absolute atomic E-state index is 12.6. The van der Waals surface area contributed by atoms with E-state index in [1.165, 1.54) is 0 Å². The summed E-state index contributed by atoms with van der Waals surface area (Å²) in [5.41, 5.74) is 4.45. The van der Waals surface area contributed by atoms with E-state index in [0.717, 1.165) is 54.4 Å². The normalized spacial score (nSPS) is 14.0. The monoisotopic (exact) mass is 338 g/mol. The van der Waals surface area contributed by atoms with Gasteiger partial charge in [-0.25, -0.2) is 4.98 Å². The van der Waals surface area contributed by atoms with Crippen molar-refractivity contribution in [1.29, 1.82) is 0 Å². The molecular formula is C18H22N6O. The first kappa shape index (κ1) is 15.9. The molecule has 1 amide bonds.